The van der Waals surface area contributed by atoms with Crippen molar-refractivity contribution in [3.63, 3.8) is 0 Å². The molecule has 0 bridgehead atoms. The summed E-state index contributed by atoms with van der Waals surface area (Å²) in [7, 11) is 0. The Morgan fingerprint density at radius 2 is 1.82 bits per heavy atom. The summed E-state index contributed by atoms with van der Waals surface area (Å²) in [5.74, 6) is -0.621. The van der Waals surface area contributed by atoms with Gasteiger partial charge >= 0.3 is 0 Å². The van der Waals surface area contributed by atoms with Gasteiger partial charge in [-0.3, -0.25) is 4.79 Å². The van der Waals surface area contributed by atoms with Crippen molar-refractivity contribution in [2.45, 2.75) is 6.92 Å². The Morgan fingerprint density at radius 3 is 2.47 bits per heavy atom. The van der Waals surface area contributed by atoms with Crippen LogP contribution in [0.5, 0.6) is 0 Å². The summed E-state index contributed by atoms with van der Waals surface area (Å²) in [5, 5.41) is 0. The molecule has 0 unspecified atom stereocenters. The Bertz CT molecular complexity index is 578. The first kappa shape index (κ1) is 11.3. The van der Waals surface area contributed by atoms with Crippen molar-refractivity contribution in [2.75, 3.05) is 5.73 Å². The standard InChI is InChI=1S/C14H12FNO/c1-9-4-2-3-5-11(9)14(17)12-7-6-10(15)8-13(12)16/h2-8H,16H2,1H3. The van der Waals surface area contributed by atoms with E-state index in [4.69, 9.17) is 5.73 Å². The SMILES string of the molecule is Cc1ccccc1C(=O)c1ccc(F)cc1N. The van der Waals surface area contributed by atoms with E-state index >= 15 is 0 Å². The number of hydrogen-bond acceptors (Lipinski definition) is 2. The minimum absolute atomic E-state index is 0.165. The number of halogens is 1. The van der Waals surface area contributed by atoms with E-state index in [0.717, 1.165) is 11.6 Å². The van der Waals surface area contributed by atoms with Crippen molar-refractivity contribution < 1.29 is 9.18 Å². The number of carbonyl (C=O) groups excluding carboxylic acids is 1. The predicted molar refractivity (Wildman–Crippen MR) is 65.4 cm³/mol. The lowest BCUT2D eigenvalue weighted by Crippen LogP contribution is -2.07. The molecule has 2 aromatic carbocycles. The van der Waals surface area contributed by atoms with Crippen LogP contribution in [0.25, 0.3) is 0 Å². The van der Waals surface area contributed by atoms with Crippen molar-refractivity contribution >= 4 is 11.5 Å². The van der Waals surface area contributed by atoms with Crippen molar-refractivity contribution in [3.05, 3.63) is 65.0 Å². The number of nitrogen functional groups attached to an aromatic ring is 1. The molecule has 2 aromatic rings. The van der Waals surface area contributed by atoms with E-state index < -0.39 is 5.82 Å². The second-order valence-electron chi connectivity index (χ2n) is 3.88. The second kappa shape index (κ2) is 4.37. The van der Waals surface area contributed by atoms with Crippen LogP contribution in [0.4, 0.5) is 10.1 Å². The van der Waals surface area contributed by atoms with Gasteiger partial charge < -0.3 is 5.73 Å². The van der Waals surface area contributed by atoms with Gasteiger partial charge in [-0.2, -0.15) is 0 Å². The molecule has 0 aliphatic rings. The highest BCUT2D eigenvalue weighted by Crippen LogP contribution is 2.19. The van der Waals surface area contributed by atoms with Crippen LogP contribution in [0.2, 0.25) is 0 Å². The lowest BCUT2D eigenvalue weighted by Gasteiger charge is -2.07. The van der Waals surface area contributed by atoms with Crippen LogP contribution in [0.1, 0.15) is 21.5 Å². The number of ketones is 1. The first-order valence-electron chi connectivity index (χ1n) is 5.25. The molecule has 2 N–H and O–H groups in total. The van der Waals surface area contributed by atoms with Gasteiger partial charge in [-0.25, -0.2) is 4.39 Å². The lowest BCUT2D eigenvalue weighted by molar-refractivity contribution is 0.103. The van der Waals surface area contributed by atoms with E-state index in [9.17, 15) is 9.18 Å². The number of rotatable bonds is 2. The van der Waals surface area contributed by atoms with E-state index in [-0.39, 0.29) is 11.5 Å². The van der Waals surface area contributed by atoms with Gasteiger partial charge in [0, 0.05) is 16.8 Å². The minimum atomic E-state index is -0.441. The number of aryl methyl sites for hydroxylation is 1. The van der Waals surface area contributed by atoms with Crippen LogP contribution in [0.15, 0.2) is 42.5 Å². The van der Waals surface area contributed by atoms with Crippen molar-refractivity contribution in [1.29, 1.82) is 0 Å². The molecule has 0 aliphatic carbocycles. The van der Waals surface area contributed by atoms with Gasteiger partial charge in [0.25, 0.3) is 0 Å². The molecule has 0 radical (unpaired) electrons. The molecule has 0 aliphatic heterocycles. The Hall–Kier alpha value is -2.16. The zero-order chi connectivity index (χ0) is 12.4. The van der Waals surface area contributed by atoms with Gasteiger partial charge in [0.2, 0.25) is 0 Å². The molecule has 0 saturated heterocycles. The van der Waals surface area contributed by atoms with Crippen LogP contribution >= 0.6 is 0 Å². The Morgan fingerprint density at radius 1 is 1.12 bits per heavy atom. The van der Waals surface area contributed by atoms with Gasteiger partial charge in [0.05, 0.1) is 0 Å². The van der Waals surface area contributed by atoms with Gasteiger partial charge in [-0.1, -0.05) is 24.3 Å². The first-order valence-corrected chi connectivity index (χ1v) is 5.25. The van der Waals surface area contributed by atoms with E-state index in [2.05, 4.69) is 0 Å². The van der Waals surface area contributed by atoms with Crippen LogP contribution in [0, 0.1) is 12.7 Å². The number of carbonyl (C=O) groups is 1. The summed E-state index contributed by atoms with van der Waals surface area (Å²) in [6.45, 7) is 1.85. The third-order valence-corrected chi connectivity index (χ3v) is 2.65. The molecule has 3 heteroatoms. The number of nitrogens with two attached hydrogens (primary N) is 1. The van der Waals surface area contributed by atoms with Crippen molar-refractivity contribution in [2.24, 2.45) is 0 Å². The highest BCUT2D eigenvalue weighted by molar-refractivity contribution is 6.12. The van der Waals surface area contributed by atoms with Gasteiger partial charge in [-0.15, -0.1) is 0 Å². The fourth-order valence-electron chi connectivity index (χ4n) is 1.71. The number of hydrogen-bond donors (Lipinski definition) is 1. The molecular formula is C14H12FNO. The number of benzene rings is 2. The average Bonchev–Trinajstić information content (AvgIpc) is 2.29. The summed E-state index contributed by atoms with van der Waals surface area (Å²) in [5.41, 5.74) is 7.61. The summed E-state index contributed by atoms with van der Waals surface area (Å²) in [6, 6.07) is 11.1. The monoisotopic (exact) mass is 229 g/mol. The molecular weight excluding hydrogens is 217 g/mol. The molecule has 0 fully saturated rings. The lowest BCUT2D eigenvalue weighted by atomic mass is 9.98. The van der Waals surface area contributed by atoms with Gasteiger partial charge in [0.15, 0.2) is 5.78 Å². The minimum Gasteiger partial charge on any atom is -0.398 e. The molecule has 0 amide bonds. The third kappa shape index (κ3) is 2.18. The van der Waals surface area contributed by atoms with Gasteiger partial charge in [-0.05, 0) is 30.7 Å². The molecule has 0 atom stereocenters. The smallest absolute Gasteiger partial charge is 0.195 e. The highest BCUT2D eigenvalue weighted by Gasteiger charge is 2.14. The average molecular weight is 229 g/mol. The van der Waals surface area contributed by atoms with Crippen molar-refractivity contribution in [1.82, 2.24) is 0 Å². The predicted octanol–water partition coefficient (Wildman–Crippen LogP) is 2.95. The third-order valence-electron chi connectivity index (χ3n) is 2.65. The van der Waals surface area contributed by atoms with E-state index in [1.165, 1.54) is 12.1 Å². The maximum Gasteiger partial charge on any atom is 0.195 e. The fourth-order valence-corrected chi connectivity index (χ4v) is 1.71. The van der Waals surface area contributed by atoms with Gasteiger partial charge in [0.1, 0.15) is 5.82 Å². The molecule has 0 saturated carbocycles. The normalized spacial score (nSPS) is 10.2. The van der Waals surface area contributed by atoms with E-state index in [1.54, 1.807) is 12.1 Å². The Balaban J connectivity index is 2.48. The summed E-state index contributed by atoms with van der Waals surface area (Å²) >= 11 is 0. The van der Waals surface area contributed by atoms with Crippen LogP contribution in [-0.4, -0.2) is 5.78 Å². The molecule has 86 valence electrons. The van der Waals surface area contributed by atoms with E-state index in [1.807, 2.05) is 19.1 Å². The Kier molecular flexibility index (Phi) is 2.91. The van der Waals surface area contributed by atoms with Crippen LogP contribution in [0.3, 0.4) is 0 Å². The summed E-state index contributed by atoms with van der Waals surface area (Å²) in [4.78, 5) is 12.2. The molecule has 2 nitrogen and oxygen atoms in total. The topological polar surface area (TPSA) is 43.1 Å². The quantitative estimate of drug-likeness (QED) is 0.635. The first-order chi connectivity index (χ1) is 8.09. The highest BCUT2D eigenvalue weighted by atomic mass is 19.1. The molecule has 0 heterocycles. The Labute approximate surface area is 98.9 Å². The maximum absolute atomic E-state index is 12.9. The fraction of sp³-hybridized carbons (Fsp3) is 0.0714. The van der Waals surface area contributed by atoms with Crippen LogP contribution in [-0.2, 0) is 0 Å². The summed E-state index contributed by atoms with van der Waals surface area (Å²) in [6.07, 6.45) is 0. The second-order valence-corrected chi connectivity index (χ2v) is 3.88. The maximum atomic E-state index is 12.9. The van der Waals surface area contributed by atoms with E-state index in [0.29, 0.717) is 11.1 Å². The molecule has 2 rings (SSSR count). The molecule has 0 spiro atoms. The zero-order valence-corrected chi connectivity index (χ0v) is 9.41. The molecule has 17 heavy (non-hydrogen) atoms. The van der Waals surface area contributed by atoms with Crippen LogP contribution < -0.4 is 5.73 Å². The zero-order valence-electron chi connectivity index (χ0n) is 9.41. The summed E-state index contributed by atoms with van der Waals surface area (Å²) < 4.78 is 12.9. The largest absolute Gasteiger partial charge is 0.398 e. The van der Waals surface area contributed by atoms with Crippen molar-refractivity contribution in [3.8, 4) is 0 Å². The number of anilines is 1. The molecule has 0 aromatic heterocycles.